The van der Waals surface area contributed by atoms with Gasteiger partial charge in [-0.25, -0.2) is 9.18 Å². The van der Waals surface area contributed by atoms with Gasteiger partial charge in [0, 0.05) is 12.5 Å². The Morgan fingerprint density at radius 3 is 2.50 bits per heavy atom. The minimum absolute atomic E-state index is 0.215. The van der Waals surface area contributed by atoms with Crippen LogP contribution < -0.4 is 0 Å². The molecule has 0 saturated carbocycles. The Bertz CT molecular complexity index is 245. The van der Waals surface area contributed by atoms with E-state index in [0.717, 1.165) is 4.90 Å². The molecule has 1 rings (SSSR count). The van der Waals surface area contributed by atoms with Gasteiger partial charge in [0.25, 0.3) is 0 Å². The molecule has 1 fully saturated rings. The fourth-order valence-electron chi connectivity index (χ4n) is 1.58. The molecule has 0 aromatic rings. The molecule has 0 radical (unpaired) electrons. The first-order valence-corrected chi connectivity index (χ1v) is 4.34. The van der Waals surface area contributed by atoms with Crippen molar-refractivity contribution in [2.75, 3.05) is 13.1 Å². The molecule has 1 amide bonds. The first-order chi connectivity index (χ1) is 6.50. The third-order valence-corrected chi connectivity index (χ3v) is 2.38. The Labute approximate surface area is 80.1 Å². The number of hydrogen-bond donors (Lipinski definition) is 2. The molecule has 6 heteroatoms. The lowest BCUT2D eigenvalue weighted by Gasteiger charge is -2.32. The van der Waals surface area contributed by atoms with E-state index in [1.54, 1.807) is 0 Å². The van der Waals surface area contributed by atoms with Gasteiger partial charge in [-0.15, -0.1) is 0 Å². The lowest BCUT2D eigenvalue weighted by molar-refractivity contribution is -0.139. The molecule has 1 aliphatic heterocycles. The normalized spacial score (nSPS) is 27.4. The number of nitrogens with zero attached hydrogens (tertiary/aromatic N) is 1. The molecule has 1 saturated heterocycles. The lowest BCUT2D eigenvalue weighted by Crippen LogP contribution is -2.44. The second kappa shape index (κ2) is 4.26. The number of aliphatic carboxylic acids is 1. The second-order valence-electron chi connectivity index (χ2n) is 3.39. The number of likely N-dealkylation sites (tertiary alicyclic amines) is 1. The van der Waals surface area contributed by atoms with Crippen LogP contribution in [0.4, 0.5) is 9.18 Å². The lowest BCUT2D eigenvalue weighted by atomic mass is 9.92. The summed E-state index contributed by atoms with van der Waals surface area (Å²) in [6, 6.07) is 0. The van der Waals surface area contributed by atoms with E-state index in [-0.39, 0.29) is 25.9 Å². The van der Waals surface area contributed by atoms with Crippen LogP contribution in [-0.4, -0.2) is 46.4 Å². The number of carboxylic acid groups (broad SMARTS) is 2. The molecule has 0 aliphatic carbocycles. The zero-order valence-corrected chi connectivity index (χ0v) is 7.52. The Kier molecular flexibility index (Phi) is 3.27. The highest BCUT2D eigenvalue weighted by Crippen LogP contribution is 2.23. The summed E-state index contributed by atoms with van der Waals surface area (Å²) in [7, 11) is 0. The van der Waals surface area contributed by atoms with Crippen LogP contribution in [0.2, 0.25) is 0 Å². The average Bonchev–Trinajstić information content (AvgIpc) is 2.07. The summed E-state index contributed by atoms with van der Waals surface area (Å²) in [5.74, 6) is -1.59. The molecular formula is C8H12FNO4. The van der Waals surface area contributed by atoms with Crippen molar-refractivity contribution in [2.45, 2.75) is 19.0 Å². The number of alkyl halides is 1. The third kappa shape index (κ3) is 2.58. The quantitative estimate of drug-likeness (QED) is 0.698. The topological polar surface area (TPSA) is 77.8 Å². The molecule has 0 bridgehead atoms. The third-order valence-electron chi connectivity index (χ3n) is 2.38. The van der Waals surface area contributed by atoms with E-state index in [4.69, 9.17) is 10.2 Å². The van der Waals surface area contributed by atoms with Crippen LogP contribution in [0.1, 0.15) is 12.8 Å². The van der Waals surface area contributed by atoms with Gasteiger partial charge in [-0.05, 0) is 6.42 Å². The van der Waals surface area contributed by atoms with E-state index in [2.05, 4.69) is 0 Å². The number of carboxylic acids is 1. The zero-order valence-electron chi connectivity index (χ0n) is 7.52. The molecule has 14 heavy (non-hydrogen) atoms. The average molecular weight is 205 g/mol. The van der Waals surface area contributed by atoms with E-state index in [1.165, 1.54) is 0 Å². The molecule has 0 spiro atoms. The van der Waals surface area contributed by atoms with Crippen LogP contribution in [0.15, 0.2) is 0 Å². The number of rotatable bonds is 2. The monoisotopic (exact) mass is 205 g/mol. The van der Waals surface area contributed by atoms with E-state index in [0.29, 0.717) is 0 Å². The number of hydrogen-bond acceptors (Lipinski definition) is 2. The van der Waals surface area contributed by atoms with Gasteiger partial charge < -0.3 is 15.1 Å². The molecule has 5 nitrogen and oxygen atoms in total. The maximum Gasteiger partial charge on any atom is 0.407 e. The van der Waals surface area contributed by atoms with Crippen molar-refractivity contribution in [3.63, 3.8) is 0 Å². The maximum atomic E-state index is 13.3. The standard InChI is InChI=1S/C8H12FNO4/c9-6-4-10(8(13)14)2-1-5(6)3-7(11)12/h5-6H,1-4H2,(H,11,12)(H,13,14). The Morgan fingerprint density at radius 1 is 1.43 bits per heavy atom. The number of carbonyl (C=O) groups is 2. The minimum atomic E-state index is -1.36. The highest BCUT2D eigenvalue weighted by molar-refractivity contribution is 5.67. The van der Waals surface area contributed by atoms with Gasteiger partial charge in [-0.3, -0.25) is 4.79 Å². The summed E-state index contributed by atoms with van der Waals surface area (Å²) in [5.41, 5.74) is 0. The number of amides is 1. The van der Waals surface area contributed by atoms with E-state index < -0.39 is 24.2 Å². The highest BCUT2D eigenvalue weighted by atomic mass is 19.1. The van der Waals surface area contributed by atoms with Gasteiger partial charge in [0.2, 0.25) is 0 Å². The first-order valence-electron chi connectivity index (χ1n) is 4.34. The Balaban J connectivity index is 2.47. The van der Waals surface area contributed by atoms with E-state index in [1.807, 2.05) is 0 Å². The highest BCUT2D eigenvalue weighted by Gasteiger charge is 2.32. The van der Waals surface area contributed by atoms with E-state index >= 15 is 0 Å². The molecule has 80 valence electrons. The SMILES string of the molecule is O=C(O)CC1CCN(C(=O)O)CC1F. The van der Waals surface area contributed by atoms with Gasteiger partial charge >= 0.3 is 12.1 Å². The van der Waals surface area contributed by atoms with Gasteiger partial charge in [0.1, 0.15) is 6.17 Å². The van der Waals surface area contributed by atoms with Crippen LogP contribution in [0.25, 0.3) is 0 Å². The molecule has 0 aromatic heterocycles. The second-order valence-corrected chi connectivity index (χ2v) is 3.39. The molecule has 2 unspecified atom stereocenters. The van der Waals surface area contributed by atoms with Crippen molar-refractivity contribution in [3.8, 4) is 0 Å². The zero-order chi connectivity index (χ0) is 10.7. The van der Waals surface area contributed by atoms with Gasteiger partial charge in [-0.2, -0.15) is 0 Å². The van der Waals surface area contributed by atoms with Crippen molar-refractivity contribution in [1.29, 1.82) is 0 Å². The van der Waals surface area contributed by atoms with E-state index in [9.17, 15) is 14.0 Å². The van der Waals surface area contributed by atoms with Crippen molar-refractivity contribution in [3.05, 3.63) is 0 Å². The summed E-state index contributed by atoms with van der Waals surface area (Å²) < 4.78 is 13.3. The smallest absolute Gasteiger partial charge is 0.407 e. The molecule has 1 aliphatic rings. The molecule has 2 N–H and O–H groups in total. The summed E-state index contributed by atoms with van der Waals surface area (Å²) in [6.45, 7) is 0.000972. The van der Waals surface area contributed by atoms with Crippen molar-refractivity contribution in [1.82, 2.24) is 4.90 Å². The number of piperidine rings is 1. The summed E-state index contributed by atoms with van der Waals surface area (Å²) in [4.78, 5) is 21.8. The molecule has 2 atom stereocenters. The molecular weight excluding hydrogens is 193 g/mol. The van der Waals surface area contributed by atoms with Crippen molar-refractivity contribution >= 4 is 12.1 Å². The van der Waals surface area contributed by atoms with Crippen LogP contribution in [-0.2, 0) is 4.79 Å². The Hall–Kier alpha value is -1.33. The van der Waals surface area contributed by atoms with Crippen LogP contribution in [0.3, 0.4) is 0 Å². The Morgan fingerprint density at radius 2 is 2.07 bits per heavy atom. The largest absolute Gasteiger partial charge is 0.481 e. The van der Waals surface area contributed by atoms with Crippen molar-refractivity contribution in [2.24, 2.45) is 5.92 Å². The summed E-state index contributed by atoms with van der Waals surface area (Å²) in [5, 5.41) is 17.0. The maximum absolute atomic E-state index is 13.3. The number of halogens is 1. The summed E-state index contributed by atoms with van der Waals surface area (Å²) >= 11 is 0. The van der Waals surface area contributed by atoms with Crippen LogP contribution in [0, 0.1) is 5.92 Å². The minimum Gasteiger partial charge on any atom is -0.481 e. The fraction of sp³-hybridized carbons (Fsp3) is 0.750. The van der Waals surface area contributed by atoms with Gasteiger partial charge in [-0.1, -0.05) is 0 Å². The summed E-state index contributed by atoms with van der Waals surface area (Å²) in [6.07, 6.45) is -2.47. The first kappa shape index (κ1) is 10.7. The van der Waals surface area contributed by atoms with Gasteiger partial charge in [0.15, 0.2) is 0 Å². The predicted octanol–water partition coefficient (Wildman–Crippen LogP) is 0.799. The molecule has 1 heterocycles. The van der Waals surface area contributed by atoms with Crippen LogP contribution >= 0.6 is 0 Å². The fourth-order valence-corrected chi connectivity index (χ4v) is 1.58. The van der Waals surface area contributed by atoms with Crippen LogP contribution in [0.5, 0.6) is 0 Å². The van der Waals surface area contributed by atoms with Crippen molar-refractivity contribution < 1.29 is 24.2 Å². The molecule has 0 aromatic carbocycles. The van der Waals surface area contributed by atoms with Gasteiger partial charge in [0.05, 0.1) is 13.0 Å². The predicted molar refractivity (Wildman–Crippen MR) is 44.9 cm³/mol.